The lowest BCUT2D eigenvalue weighted by atomic mass is 9.91. The molecule has 2 saturated heterocycles. The van der Waals surface area contributed by atoms with E-state index in [1.807, 2.05) is 41.5 Å². The van der Waals surface area contributed by atoms with E-state index in [1.54, 1.807) is 60.1 Å². The van der Waals surface area contributed by atoms with Gasteiger partial charge in [-0.15, -0.1) is 5.10 Å². The number of aryl methyl sites for hydroxylation is 2. The number of aliphatic hydroxyl groups is 1. The summed E-state index contributed by atoms with van der Waals surface area (Å²) in [6, 6.07) is -14.4. The Morgan fingerprint density at radius 1 is 0.505 bits per heavy atom. The molecule has 0 spiro atoms. The van der Waals surface area contributed by atoms with Gasteiger partial charge in [-0.1, -0.05) is 95.9 Å². The van der Waals surface area contributed by atoms with E-state index >= 15 is 28.8 Å². The zero-order chi connectivity index (χ0) is 76.6. The summed E-state index contributed by atoms with van der Waals surface area (Å²) in [5.41, 5.74) is 0. The van der Waals surface area contributed by atoms with Gasteiger partial charge in [-0.05, 0) is 138 Å². The maximum absolute atomic E-state index is 15.2. The number of likely N-dealkylation sites (N-methyl/N-ethyl adjacent to an activating group) is 6. The van der Waals surface area contributed by atoms with E-state index in [2.05, 4.69) is 47.0 Å². The number of hydrogen-bond acceptors (Lipinski definition) is 18. The van der Waals surface area contributed by atoms with E-state index in [1.165, 1.54) is 87.6 Å². The Morgan fingerprint density at radius 2 is 1.01 bits per heavy atom. The number of unbranched alkanes of at least 4 members (excludes halogenated alkanes) is 3. The van der Waals surface area contributed by atoms with E-state index in [0.29, 0.717) is 57.7 Å². The second-order valence-electron chi connectivity index (χ2n) is 30.1. The van der Waals surface area contributed by atoms with Crippen molar-refractivity contribution < 1.29 is 67.3 Å². The van der Waals surface area contributed by atoms with Gasteiger partial charge in [0, 0.05) is 68.5 Å². The van der Waals surface area contributed by atoms with Gasteiger partial charge >= 0.3 is 0 Å². The molecule has 0 bridgehead atoms. The van der Waals surface area contributed by atoms with Crippen molar-refractivity contribution in [3.8, 4) is 0 Å². The molecule has 0 aliphatic carbocycles. The van der Waals surface area contributed by atoms with E-state index in [-0.39, 0.29) is 50.0 Å². The monoisotopic (exact) mass is 1430 g/mol. The third-order valence-corrected chi connectivity index (χ3v) is 19.7. The summed E-state index contributed by atoms with van der Waals surface area (Å²) in [4.78, 5) is 173. The number of ether oxygens (including phenoxy) is 2. The van der Waals surface area contributed by atoms with Crippen LogP contribution in [0.15, 0.2) is 0 Å². The number of aromatic nitrogens is 4. The molecule has 2 fully saturated rings. The van der Waals surface area contributed by atoms with Crippen LogP contribution in [-0.4, -0.2) is 285 Å². The van der Waals surface area contributed by atoms with Crippen LogP contribution < -0.4 is 26.6 Å². The molecule has 30 heteroatoms. The van der Waals surface area contributed by atoms with Gasteiger partial charge in [-0.25, -0.2) is 4.68 Å². The first-order valence-corrected chi connectivity index (χ1v) is 36.7. The van der Waals surface area contributed by atoms with Crippen LogP contribution in [0.3, 0.4) is 0 Å². The van der Waals surface area contributed by atoms with Gasteiger partial charge in [-0.2, -0.15) is 0 Å². The van der Waals surface area contributed by atoms with Crippen molar-refractivity contribution in [2.75, 3.05) is 81.7 Å². The summed E-state index contributed by atoms with van der Waals surface area (Å²) in [7, 11) is 8.52. The lowest BCUT2D eigenvalue weighted by Gasteiger charge is -2.40. The Balaban J connectivity index is 2.28. The second kappa shape index (κ2) is 42.0. The van der Waals surface area contributed by atoms with Crippen molar-refractivity contribution in [2.24, 2.45) is 35.5 Å². The van der Waals surface area contributed by atoms with E-state index in [4.69, 9.17) is 9.47 Å². The van der Waals surface area contributed by atoms with Crippen molar-refractivity contribution in [2.45, 2.75) is 267 Å². The second-order valence-corrected chi connectivity index (χ2v) is 30.1. The number of rotatable bonds is 24. The molecular formula is C71H128N16O14. The first-order chi connectivity index (χ1) is 47.2. The number of aliphatic hydroxyl groups excluding tert-OH is 1. The minimum Gasteiger partial charge on any atom is -0.390 e. The van der Waals surface area contributed by atoms with Crippen LogP contribution in [0.5, 0.6) is 0 Å². The van der Waals surface area contributed by atoms with E-state index in [0.717, 1.165) is 31.0 Å². The lowest BCUT2D eigenvalue weighted by molar-refractivity contribution is -0.154. The summed E-state index contributed by atoms with van der Waals surface area (Å²) in [5.74, 6) is -9.64. The molecule has 11 amide bonds. The van der Waals surface area contributed by atoms with Gasteiger partial charge in [0.25, 0.3) is 0 Å². The first kappa shape index (κ1) is 88.3. The SMILES string of the molecule is CC[C@@H]1NC(=O)[C@H]([C@H](O)[C@H](C)CCCCCn2nnnc2C)NC(=O)[C@H](C(C)C)N(C)C(=O)[C@H](CC(C)C)N(C)C(=O)[C@H](CC(C)C)N(C)C(=O)[C@@H](C)NC(=O)[C@H](C)NC(=O)[C@H](CC(C)C)N(C)C(=O)[C@H](C(C)C)NC(=O)[C@H]([C@@H](C)OCCCCN2CCOCC2)N(C)C(=O)[C@@H](C)N(C)C1=O. The van der Waals surface area contributed by atoms with Crippen LogP contribution >= 0.6 is 0 Å². The summed E-state index contributed by atoms with van der Waals surface area (Å²) < 4.78 is 13.6. The molecule has 0 radical (unpaired) electrons. The Hall–Kier alpha value is -6.92. The largest absolute Gasteiger partial charge is 0.390 e. The van der Waals surface area contributed by atoms with Crippen molar-refractivity contribution in [1.29, 1.82) is 0 Å². The quantitative estimate of drug-likeness (QED) is 0.0809. The molecule has 3 rings (SSSR count). The Bertz CT molecular complexity index is 2870. The molecule has 1 aromatic rings. The summed E-state index contributed by atoms with van der Waals surface area (Å²) >= 11 is 0. The maximum atomic E-state index is 15.2. The first-order valence-electron chi connectivity index (χ1n) is 36.7. The number of tetrazole rings is 1. The van der Waals surface area contributed by atoms with Gasteiger partial charge in [-0.3, -0.25) is 57.6 Å². The van der Waals surface area contributed by atoms with Gasteiger partial charge in [0.05, 0.1) is 25.4 Å². The zero-order valence-electron chi connectivity index (χ0n) is 65.2. The number of carbonyl (C=O) groups is 11. The highest BCUT2D eigenvalue weighted by Crippen LogP contribution is 2.25. The third-order valence-electron chi connectivity index (χ3n) is 19.7. The maximum Gasteiger partial charge on any atom is 0.246 e. The normalized spacial score (nSPS) is 26.5. The number of nitrogens with one attached hydrogen (secondary N) is 5. The molecule has 3 heterocycles. The fourth-order valence-electron chi connectivity index (χ4n) is 13.0. The highest BCUT2D eigenvalue weighted by molar-refractivity contribution is 6.00. The molecule has 0 saturated carbocycles. The van der Waals surface area contributed by atoms with Crippen molar-refractivity contribution in [3.05, 3.63) is 5.82 Å². The third kappa shape index (κ3) is 25.8. The molecule has 1 aromatic heterocycles. The Kier molecular flexibility index (Phi) is 36.7. The highest BCUT2D eigenvalue weighted by Gasteiger charge is 2.45. The topological polar surface area (TPSA) is 353 Å². The zero-order valence-corrected chi connectivity index (χ0v) is 65.2. The fraction of sp³-hybridized carbons (Fsp3) is 0.831. The van der Waals surface area contributed by atoms with Crippen LogP contribution in [0.25, 0.3) is 0 Å². The molecule has 30 nitrogen and oxygen atoms in total. The molecular weight excluding hydrogens is 1300 g/mol. The predicted octanol–water partition coefficient (Wildman–Crippen LogP) is 2.38. The number of carbonyl (C=O) groups excluding carboxylic acids is 11. The van der Waals surface area contributed by atoms with Crippen LogP contribution in [0.4, 0.5) is 0 Å². The molecule has 2 aliphatic heterocycles. The molecule has 2 aliphatic rings. The number of amides is 11. The van der Waals surface area contributed by atoms with E-state index < -0.39 is 161 Å². The molecule has 6 N–H and O–H groups in total. The standard InChI is InChI=1S/C71H128N16O14/c1-24-52-68(96)80(18)49(15)67(95)85(23)59(50(16)101-35-29-28-31-86-33-36-100-37-34-86)65(93)75-56(44(8)9)71(99)81(19)53(38-41(2)3)62(90)72-47(13)61(89)73-48(14)66(94)82(20)54(39-42(4)5)69(97)83(21)55(40-43(6)7)70(98)84(22)58(45(10)11)64(92)76-57(63(91)74-52)60(88)46(12)30-26-25-27-32-87-51(17)77-78-79-87/h41-50,52-60,88H,24-40H2,1-23H3,(H,72,90)(H,73,89)(H,74,91)(H,75,93)(H,76,92)/t46-,47+,48-,49-,50-,52+,53+,54+,55+,56+,57+,58+,59+,60-/m1/s1. The van der Waals surface area contributed by atoms with Crippen LogP contribution in [0, 0.1) is 42.4 Å². The van der Waals surface area contributed by atoms with Gasteiger partial charge in [0.1, 0.15) is 72.3 Å². The van der Waals surface area contributed by atoms with Crippen molar-refractivity contribution in [1.82, 2.24) is 81.1 Å². The van der Waals surface area contributed by atoms with Crippen molar-refractivity contribution >= 4 is 65.0 Å². The summed E-state index contributed by atoms with van der Waals surface area (Å²) in [6.07, 6.45) is 1.60. The van der Waals surface area contributed by atoms with Crippen molar-refractivity contribution in [3.63, 3.8) is 0 Å². The number of nitrogens with zero attached hydrogens (tertiary/aromatic N) is 11. The smallest absolute Gasteiger partial charge is 0.246 e. The summed E-state index contributed by atoms with van der Waals surface area (Å²) in [6.45, 7) is 33.6. The minimum absolute atomic E-state index is 0.0245. The summed E-state index contributed by atoms with van der Waals surface area (Å²) in [5, 5.41) is 37.9. The van der Waals surface area contributed by atoms with E-state index in [9.17, 15) is 29.1 Å². The van der Waals surface area contributed by atoms with Crippen LogP contribution in [0.1, 0.15) is 181 Å². The molecule has 101 heavy (non-hydrogen) atoms. The van der Waals surface area contributed by atoms with Gasteiger partial charge in [0.2, 0.25) is 65.0 Å². The molecule has 0 unspecified atom stereocenters. The van der Waals surface area contributed by atoms with Crippen LogP contribution in [-0.2, 0) is 68.8 Å². The van der Waals surface area contributed by atoms with Gasteiger partial charge in [0.15, 0.2) is 0 Å². The number of morpholine rings is 1. The predicted molar refractivity (Wildman–Crippen MR) is 382 cm³/mol. The lowest BCUT2D eigenvalue weighted by Crippen LogP contribution is -2.64. The number of hydrogen-bond donors (Lipinski definition) is 6. The van der Waals surface area contributed by atoms with Crippen LogP contribution in [0.2, 0.25) is 0 Å². The average Bonchev–Trinajstić information content (AvgIpc) is 1.07. The fourth-order valence-corrected chi connectivity index (χ4v) is 13.0. The molecule has 576 valence electrons. The average molecular weight is 1430 g/mol. The van der Waals surface area contributed by atoms with Gasteiger partial charge < -0.3 is 70.6 Å². The highest BCUT2D eigenvalue weighted by atomic mass is 16.5. The Morgan fingerprint density at radius 3 is 1.54 bits per heavy atom. The molecule has 0 aromatic carbocycles. The Labute approximate surface area is 601 Å². The minimum atomic E-state index is -1.71. The molecule has 14 atom stereocenters.